The van der Waals surface area contributed by atoms with Gasteiger partial charge in [0.05, 0.1) is 12.6 Å². The number of hydrogen-bond donors (Lipinski definition) is 1. The van der Waals surface area contributed by atoms with Crippen molar-refractivity contribution in [2.24, 2.45) is 0 Å². The predicted octanol–water partition coefficient (Wildman–Crippen LogP) is 0.233. The molecule has 0 saturated carbocycles. The molecule has 0 aromatic carbocycles. The second kappa shape index (κ2) is 5.98. The summed E-state index contributed by atoms with van der Waals surface area (Å²) in [7, 11) is 1.87. The molecule has 1 heterocycles. The molecular weight excluding hydrogens is 180 g/mol. The van der Waals surface area contributed by atoms with Gasteiger partial charge in [-0.15, -0.1) is 0 Å². The summed E-state index contributed by atoms with van der Waals surface area (Å²) < 4.78 is 5.24. The zero-order valence-electron chi connectivity index (χ0n) is 9.08. The molecule has 0 spiro atoms. The van der Waals surface area contributed by atoms with Crippen LogP contribution in [0.25, 0.3) is 0 Å². The highest BCUT2D eigenvalue weighted by Crippen LogP contribution is 2.11. The number of nitrogens with zero attached hydrogens (tertiary/aromatic N) is 1. The maximum absolute atomic E-state index is 11.6. The zero-order valence-corrected chi connectivity index (χ0v) is 9.08. The van der Waals surface area contributed by atoms with E-state index in [1.54, 1.807) is 0 Å². The normalized spacial score (nSPS) is 21.1. The molecule has 1 rings (SSSR count). The molecule has 1 atom stereocenters. The molecule has 82 valence electrons. The summed E-state index contributed by atoms with van der Waals surface area (Å²) in [5.74, 6) is 0.210. The highest BCUT2D eigenvalue weighted by Gasteiger charge is 2.23. The highest BCUT2D eigenvalue weighted by atomic mass is 16.5. The van der Waals surface area contributed by atoms with Crippen LogP contribution in [0, 0.1) is 0 Å². The van der Waals surface area contributed by atoms with Crippen molar-refractivity contribution in [3.63, 3.8) is 0 Å². The third kappa shape index (κ3) is 3.27. The van der Waals surface area contributed by atoms with Gasteiger partial charge < -0.3 is 15.0 Å². The number of hydrogen-bond acceptors (Lipinski definition) is 3. The van der Waals surface area contributed by atoms with Gasteiger partial charge in [0.2, 0.25) is 5.91 Å². The van der Waals surface area contributed by atoms with Crippen molar-refractivity contribution >= 4 is 5.91 Å². The van der Waals surface area contributed by atoms with E-state index in [4.69, 9.17) is 4.74 Å². The van der Waals surface area contributed by atoms with E-state index in [2.05, 4.69) is 5.32 Å². The molecule has 0 radical (unpaired) electrons. The Labute approximate surface area is 85.6 Å². The van der Waals surface area contributed by atoms with Crippen LogP contribution in [0.15, 0.2) is 0 Å². The van der Waals surface area contributed by atoms with Gasteiger partial charge in [0.25, 0.3) is 0 Å². The van der Waals surface area contributed by atoms with E-state index in [-0.39, 0.29) is 5.91 Å². The Bertz CT molecular complexity index is 179. The lowest BCUT2D eigenvalue weighted by Crippen LogP contribution is -2.38. The molecule has 1 aliphatic rings. The van der Waals surface area contributed by atoms with E-state index in [0.29, 0.717) is 19.1 Å². The van der Waals surface area contributed by atoms with Gasteiger partial charge >= 0.3 is 0 Å². The van der Waals surface area contributed by atoms with Gasteiger partial charge in [-0.05, 0) is 13.0 Å². The Morgan fingerprint density at radius 1 is 1.64 bits per heavy atom. The number of rotatable bonds is 5. The maximum Gasteiger partial charge on any atom is 0.223 e. The largest absolute Gasteiger partial charge is 0.379 e. The van der Waals surface area contributed by atoms with Gasteiger partial charge in [-0.1, -0.05) is 6.92 Å². The van der Waals surface area contributed by atoms with Gasteiger partial charge in [0, 0.05) is 26.6 Å². The Morgan fingerprint density at radius 2 is 2.43 bits per heavy atom. The van der Waals surface area contributed by atoms with E-state index in [0.717, 1.165) is 26.1 Å². The monoisotopic (exact) mass is 200 g/mol. The summed E-state index contributed by atoms with van der Waals surface area (Å²) in [5, 5.41) is 3.15. The molecule has 1 amide bonds. The Balaban J connectivity index is 2.21. The molecule has 1 aliphatic heterocycles. The van der Waals surface area contributed by atoms with Crippen molar-refractivity contribution in [1.82, 2.24) is 10.2 Å². The van der Waals surface area contributed by atoms with Gasteiger partial charge in [-0.2, -0.15) is 0 Å². The predicted molar refractivity (Wildman–Crippen MR) is 55.2 cm³/mol. The first-order chi connectivity index (χ1) is 6.75. The lowest BCUT2D eigenvalue weighted by Gasteiger charge is -2.23. The molecule has 0 aromatic rings. The second-order valence-electron chi connectivity index (χ2n) is 3.63. The first-order valence-corrected chi connectivity index (χ1v) is 5.29. The van der Waals surface area contributed by atoms with E-state index in [1.165, 1.54) is 0 Å². The molecule has 4 nitrogen and oxygen atoms in total. The molecular formula is C10H20N2O2. The standard InChI is InChI=1S/C10H20N2O2/c1-3-11-6-4-10(13)12(2)9-5-7-14-8-9/h9,11H,3-8H2,1-2H3. The van der Waals surface area contributed by atoms with Gasteiger partial charge in [-0.25, -0.2) is 0 Å². The first-order valence-electron chi connectivity index (χ1n) is 5.29. The summed E-state index contributed by atoms with van der Waals surface area (Å²) in [6.45, 7) is 5.22. The Hall–Kier alpha value is -0.610. The molecule has 0 bridgehead atoms. The van der Waals surface area contributed by atoms with Crippen molar-refractivity contribution in [1.29, 1.82) is 0 Å². The lowest BCUT2D eigenvalue weighted by atomic mass is 10.2. The van der Waals surface area contributed by atoms with Crippen LogP contribution in [-0.4, -0.2) is 50.2 Å². The van der Waals surface area contributed by atoms with Crippen molar-refractivity contribution < 1.29 is 9.53 Å². The van der Waals surface area contributed by atoms with Crippen molar-refractivity contribution in [3.05, 3.63) is 0 Å². The number of carbonyl (C=O) groups excluding carboxylic acids is 1. The van der Waals surface area contributed by atoms with Crippen molar-refractivity contribution in [2.75, 3.05) is 33.4 Å². The highest BCUT2D eigenvalue weighted by molar-refractivity contribution is 5.76. The van der Waals surface area contributed by atoms with Crippen molar-refractivity contribution in [2.45, 2.75) is 25.8 Å². The number of carbonyl (C=O) groups is 1. The summed E-state index contributed by atoms with van der Waals surface area (Å²) in [6, 6.07) is 0.295. The van der Waals surface area contributed by atoms with Gasteiger partial charge in [0.15, 0.2) is 0 Å². The molecule has 0 aromatic heterocycles. The van der Waals surface area contributed by atoms with E-state index >= 15 is 0 Å². The average Bonchev–Trinajstić information content (AvgIpc) is 2.69. The van der Waals surface area contributed by atoms with Crippen LogP contribution >= 0.6 is 0 Å². The Morgan fingerprint density at radius 3 is 3.00 bits per heavy atom. The number of likely N-dealkylation sites (N-methyl/N-ethyl adjacent to an activating group) is 1. The smallest absolute Gasteiger partial charge is 0.223 e. The molecule has 4 heteroatoms. The topological polar surface area (TPSA) is 41.6 Å². The second-order valence-corrected chi connectivity index (χ2v) is 3.63. The number of ether oxygens (including phenoxy) is 1. The molecule has 1 unspecified atom stereocenters. The first kappa shape index (κ1) is 11.5. The molecule has 14 heavy (non-hydrogen) atoms. The maximum atomic E-state index is 11.6. The number of nitrogens with one attached hydrogen (secondary N) is 1. The number of amides is 1. The minimum Gasteiger partial charge on any atom is -0.379 e. The lowest BCUT2D eigenvalue weighted by molar-refractivity contribution is -0.131. The Kier molecular flexibility index (Phi) is 4.90. The van der Waals surface area contributed by atoms with Crippen LogP contribution in [0.2, 0.25) is 0 Å². The van der Waals surface area contributed by atoms with E-state index in [1.807, 2.05) is 18.9 Å². The zero-order chi connectivity index (χ0) is 10.4. The van der Waals surface area contributed by atoms with Crippen LogP contribution in [0.1, 0.15) is 19.8 Å². The summed E-state index contributed by atoms with van der Waals surface area (Å²) in [6.07, 6.45) is 1.56. The third-order valence-electron chi connectivity index (χ3n) is 2.61. The van der Waals surface area contributed by atoms with Crippen LogP contribution < -0.4 is 5.32 Å². The van der Waals surface area contributed by atoms with Crippen LogP contribution in [0.5, 0.6) is 0 Å². The fraction of sp³-hybridized carbons (Fsp3) is 0.900. The van der Waals surface area contributed by atoms with Crippen LogP contribution in [0.3, 0.4) is 0 Å². The molecule has 1 N–H and O–H groups in total. The van der Waals surface area contributed by atoms with Crippen LogP contribution in [0.4, 0.5) is 0 Å². The quantitative estimate of drug-likeness (QED) is 0.646. The fourth-order valence-electron chi connectivity index (χ4n) is 1.58. The molecule has 0 aliphatic carbocycles. The van der Waals surface area contributed by atoms with Crippen LogP contribution in [-0.2, 0) is 9.53 Å². The molecule has 1 fully saturated rings. The van der Waals surface area contributed by atoms with Crippen molar-refractivity contribution in [3.8, 4) is 0 Å². The van der Waals surface area contributed by atoms with E-state index in [9.17, 15) is 4.79 Å². The minimum absolute atomic E-state index is 0.210. The SMILES string of the molecule is CCNCCC(=O)N(C)C1CCOC1. The van der Waals surface area contributed by atoms with Gasteiger partial charge in [-0.3, -0.25) is 4.79 Å². The summed E-state index contributed by atoms with van der Waals surface area (Å²) in [5.41, 5.74) is 0. The third-order valence-corrected chi connectivity index (χ3v) is 2.61. The average molecular weight is 200 g/mol. The van der Waals surface area contributed by atoms with Gasteiger partial charge in [0.1, 0.15) is 0 Å². The minimum atomic E-state index is 0.210. The molecule has 1 saturated heterocycles. The fourth-order valence-corrected chi connectivity index (χ4v) is 1.58. The summed E-state index contributed by atoms with van der Waals surface area (Å²) >= 11 is 0. The van der Waals surface area contributed by atoms with E-state index < -0.39 is 0 Å². The summed E-state index contributed by atoms with van der Waals surface area (Å²) in [4.78, 5) is 13.5.